The second-order valence-corrected chi connectivity index (χ2v) is 4.19. The van der Waals surface area contributed by atoms with Crippen molar-refractivity contribution in [2.75, 3.05) is 0 Å². The molecule has 0 aliphatic rings. The van der Waals surface area contributed by atoms with Crippen molar-refractivity contribution in [3.05, 3.63) is 48.0 Å². The first-order valence-corrected chi connectivity index (χ1v) is 6.00. The van der Waals surface area contributed by atoms with Gasteiger partial charge in [-0.2, -0.15) is 0 Å². The Morgan fingerprint density at radius 2 is 1.94 bits per heavy atom. The number of rotatable bonds is 4. The summed E-state index contributed by atoms with van der Waals surface area (Å²) in [5.41, 5.74) is 1.28. The summed E-state index contributed by atoms with van der Waals surface area (Å²) in [4.78, 5) is 0. The monoisotopic (exact) mass is 223 g/mol. The van der Waals surface area contributed by atoms with Gasteiger partial charge in [0.05, 0.1) is 6.04 Å². The summed E-state index contributed by atoms with van der Waals surface area (Å²) in [6.45, 7) is 2.92. The molecule has 0 fully saturated rings. The van der Waals surface area contributed by atoms with Gasteiger partial charge >= 0.3 is 0 Å². The number of hydrogen-bond donors (Lipinski definition) is 1. The smallest absolute Gasteiger partial charge is 0.0686 e. The minimum absolute atomic E-state index is 0.168. The Bertz CT molecular complexity index is 536. The molecule has 0 spiro atoms. The van der Waals surface area contributed by atoms with Crippen molar-refractivity contribution in [1.82, 2.24) is 5.32 Å². The number of fused-ring (bicyclic) bond motifs is 1. The van der Waals surface area contributed by atoms with Crippen molar-refractivity contribution in [3.8, 4) is 12.3 Å². The van der Waals surface area contributed by atoms with E-state index in [-0.39, 0.29) is 6.04 Å². The molecule has 0 saturated heterocycles. The summed E-state index contributed by atoms with van der Waals surface area (Å²) in [5, 5.41) is 5.92. The summed E-state index contributed by atoms with van der Waals surface area (Å²) in [6.07, 6.45) is 6.39. The molecule has 0 aliphatic carbocycles. The van der Waals surface area contributed by atoms with Gasteiger partial charge in [-0.1, -0.05) is 49.2 Å². The lowest BCUT2D eigenvalue weighted by Crippen LogP contribution is -2.26. The van der Waals surface area contributed by atoms with Crippen molar-refractivity contribution < 1.29 is 0 Å². The summed E-state index contributed by atoms with van der Waals surface area (Å²) < 4.78 is 0. The van der Waals surface area contributed by atoms with Gasteiger partial charge in [0.25, 0.3) is 0 Å². The third kappa shape index (κ3) is 2.87. The molecule has 17 heavy (non-hydrogen) atoms. The summed E-state index contributed by atoms with van der Waals surface area (Å²) in [5.74, 6) is 2.75. The molecule has 1 heteroatoms. The molecule has 1 atom stereocenters. The maximum atomic E-state index is 5.43. The van der Waals surface area contributed by atoms with Gasteiger partial charge in [-0.25, -0.2) is 0 Å². The lowest BCUT2D eigenvalue weighted by atomic mass is 10.1. The first-order chi connectivity index (χ1) is 8.33. The fourth-order valence-corrected chi connectivity index (χ4v) is 1.91. The molecule has 0 heterocycles. The van der Waals surface area contributed by atoms with Gasteiger partial charge in [-0.3, -0.25) is 5.32 Å². The van der Waals surface area contributed by atoms with Crippen molar-refractivity contribution in [2.24, 2.45) is 0 Å². The molecule has 0 saturated carbocycles. The zero-order chi connectivity index (χ0) is 12.1. The molecule has 0 radical (unpaired) electrons. The lowest BCUT2D eigenvalue weighted by Gasteiger charge is -2.11. The molecule has 2 aromatic rings. The second-order valence-electron chi connectivity index (χ2n) is 4.19. The normalized spacial score (nSPS) is 12.2. The van der Waals surface area contributed by atoms with Gasteiger partial charge in [0.1, 0.15) is 0 Å². The van der Waals surface area contributed by atoms with Crippen LogP contribution >= 0.6 is 0 Å². The number of hydrogen-bond acceptors (Lipinski definition) is 1. The number of nitrogens with one attached hydrogen (secondary N) is 1. The standard InChI is InChI=1S/C16H17N/c1-3-16(4-2)17-12-13-9-10-14-7-5-6-8-15(14)11-13/h1,5-11,16-17H,4,12H2,2H3. The molecule has 2 rings (SSSR count). The molecule has 1 N–H and O–H groups in total. The predicted octanol–water partition coefficient (Wildman–Crippen LogP) is 3.34. The Morgan fingerprint density at radius 1 is 1.18 bits per heavy atom. The first-order valence-electron chi connectivity index (χ1n) is 6.00. The summed E-state index contributed by atoms with van der Waals surface area (Å²) in [7, 11) is 0. The van der Waals surface area contributed by atoms with Gasteiger partial charge in [0.2, 0.25) is 0 Å². The Kier molecular flexibility index (Phi) is 3.80. The average molecular weight is 223 g/mol. The number of benzene rings is 2. The highest BCUT2D eigenvalue weighted by Crippen LogP contribution is 2.15. The van der Waals surface area contributed by atoms with E-state index in [1.165, 1.54) is 16.3 Å². The van der Waals surface area contributed by atoms with Gasteiger partial charge in [-0.15, -0.1) is 6.42 Å². The molecule has 86 valence electrons. The third-order valence-electron chi connectivity index (χ3n) is 2.98. The van der Waals surface area contributed by atoms with Crippen LogP contribution in [0.4, 0.5) is 0 Å². The highest BCUT2D eigenvalue weighted by Gasteiger charge is 2.01. The second kappa shape index (κ2) is 5.52. The van der Waals surface area contributed by atoms with Crippen molar-refractivity contribution in [1.29, 1.82) is 0 Å². The average Bonchev–Trinajstić information content (AvgIpc) is 2.40. The minimum atomic E-state index is 0.168. The Balaban J connectivity index is 2.12. The maximum Gasteiger partial charge on any atom is 0.0686 e. The van der Waals surface area contributed by atoms with Crippen molar-refractivity contribution >= 4 is 10.8 Å². The molecule has 0 aliphatic heterocycles. The molecular formula is C16H17N. The molecule has 1 unspecified atom stereocenters. The van der Waals surface area contributed by atoms with E-state index in [4.69, 9.17) is 6.42 Å². The highest BCUT2D eigenvalue weighted by molar-refractivity contribution is 5.82. The molecule has 0 aromatic heterocycles. The van der Waals surface area contributed by atoms with E-state index in [0.29, 0.717) is 0 Å². The largest absolute Gasteiger partial charge is 0.300 e. The molecule has 1 nitrogen and oxygen atoms in total. The zero-order valence-electron chi connectivity index (χ0n) is 10.1. The molecule has 0 bridgehead atoms. The van der Waals surface area contributed by atoms with Crippen molar-refractivity contribution in [2.45, 2.75) is 25.9 Å². The van der Waals surface area contributed by atoms with E-state index in [0.717, 1.165) is 13.0 Å². The van der Waals surface area contributed by atoms with Gasteiger partial charge in [-0.05, 0) is 28.8 Å². The van der Waals surface area contributed by atoms with Crippen LogP contribution in [0.3, 0.4) is 0 Å². The van der Waals surface area contributed by atoms with Crippen LogP contribution in [-0.2, 0) is 6.54 Å². The molecule has 0 amide bonds. The van der Waals surface area contributed by atoms with E-state index in [9.17, 15) is 0 Å². The van der Waals surface area contributed by atoms with Crippen molar-refractivity contribution in [3.63, 3.8) is 0 Å². The fraction of sp³-hybridized carbons (Fsp3) is 0.250. The molecular weight excluding hydrogens is 206 g/mol. The van der Waals surface area contributed by atoms with Crippen LogP contribution in [0.15, 0.2) is 42.5 Å². The first kappa shape index (κ1) is 11.7. The van der Waals surface area contributed by atoms with E-state index in [1.54, 1.807) is 0 Å². The summed E-state index contributed by atoms with van der Waals surface area (Å²) >= 11 is 0. The van der Waals surface area contributed by atoms with Crippen LogP contribution in [0.5, 0.6) is 0 Å². The van der Waals surface area contributed by atoms with Gasteiger partial charge in [0.15, 0.2) is 0 Å². The number of terminal acetylenes is 1. The van der Waals surface area contributed by atoms with Crippen LogP contribution in [0.2, 0.25) is 0 Å². The van der Waals surface area contributed by atoms with E-state index < -0.39 is 0 Å². The highest BCUT2D eigenvalue weighted by atomic mass is 14.9. The van der Waals surface area contributed by atoms with Gasteiger partial charge < -0.3 is 0 Å². The van der Waals surface area contributed by atoms with Crippen LogP contribution in [0, 0.1) is 12.3 Å². The van der Waals surface area contributed by atoms with Crippen LogP contribution in [0.25, 0.3) is 10.8 Å². The Labute approximate surface area is 103 Å². The topological polar surface area (TPSA) is 12.0 Å². The van der Waals surface area contributed by atoms with Crippen LogP contribution < -0.4 is 5.32 Å². The fourth-order valence-electron chi connectivity index (χ4n) is 1.91. The van der Waals surface area contributed by atoms with Crippen LogP contribution in [-0.4, -0.2) is 6.04 Å². The van der Waals surface area contributed by atoms with E-state index >= 15 is 0 Å². The van der Waals surface area contributed by atoms with E-state index in [2.05, 4.69) is 60.6 Å². The summed E-state index contributed by atoms with van der Waals surface area (Å²) in [6, 6.07) is 15.1. The van der Waals surface area contributed by atoms with Gasteiger partial charge in [0, 0.05) is 6.54 Å². The maximum absolute atomic E-state index is 5.43. The lowest BCUT2D eigenvalue weighted by molar-refractivity contribution is 0.593. The Morgan fingerprint density at radius 3 is 2.65 bits per heavy atom. The SMILES string of the molecule is C#CC(CC)NCc1ccc2ccccc2c1. The third-order valence-corrected chi connectivity index (χ3v) is 2.98. The predicted molar refractivity (Wildman–Crippen MR) is 73.7 cm³/mol. The molecule has 2 aromatic carbocycles. The van der Waals surface area contributed by atoms with E-state index in [1.807, 2.05) is 0 Å². The minimum Gasteiger partial charge on any atom is -0.300 e. The Hall–Kier alpha value is -1.78. The zero-order valence-corrected chi connectivity index (χ0v) is 10.1. The quantitative estimate of drug-likeness (QED) is 0.784. The van der Waals surface area contributed by atoms with Crippen LogP contribution in [0.1, 0.15) is 18.9 Å².